The van der Waals surface area contributed by atoms with Crippen LogP contribution in [0.3, 0.4) is 0 Å². The first-order valence-electron chi connectivity index (χ1n) is 6.16. The van der Waals surface area contributed by atoms with Crippen LogP contribution in [0.2, 0.25) is 0 Å². The van der Waals surface area contributed by atoms with Gasteiger partial charge < -0.3 is 20.3 Å². The molecule has 1 aromatic heterocycles. The van der Waals surface area contributed by atoms with E-state index in [-0.39, 0.29) is 5.91 Å². The number of aryl methyl sites for hydroxylation is 2. The largest absolute Gasteiger partial charge is 0.495 e. The number of nitrogens with two attached hydrogens (primary N) is 1. The highest BCUT2D eigenvalue weighted by Crippen LogP contribution is 2.22. The molecule has 0 saturated carbocycles. The molecular weight excluding hydrogens is 258 g/mol. The Morgan fingerprint density at radius 3 is 2.75 bits per heavy atom. The quantitative estimate of drug-likeness (QED) is 0.830. The number of amides is 1. The molecule has 106 valence electrons. The molecule has 3 N–H and O–H groups in total. The minimum atomic E-state index is -0.209. The first kappa shape index (κ1) is 13.9. The van der Waals surface area contributed by atoms with Crippen LogP contribution < -0.4 is 15.8 Å². The van der Waals surface area contributed by atoms with E-state index in [1.54, 1.807) is 18.2 Å². The van der Waals surface area contributed by atoms with E-state index in [9.17, 15) is 4.79 Å². The number of rotatable bonds is 4. The second-order valence-corrected chi connectivity index (χ2v) is 4.44. The summed E-state index contributed by atoms with van der Waals surface area (Å²) in [4.78, 5) is 12.1. The molecule has 1 aromatic carbocycles. The first-order valence-corrected chi connectivity index (χ1v) is 6.16. The number of hydrogen-bond donors (Lipinski definition) is 2. The van der Waals surface area contributed by atoms with Gasteiger partial charge in [0.05, 0.1) is 18.5 Å². The summed E-state index contributed by atoms with van der Waals surface area (Å²) in [5, 5.41) is 6.65. The number of benzene rings is 1. The number of hydrogen-bond acceptors (Lipinski definition) is 5. The Morgan fingerprint density at radius 2 is 2.20 bits per heavy atom. The number of nitrogen functional groups attached to an aromatic ring is 1. The van der Waals surface area contributed by atoms with E-state index in [2.05, 4.69) is 10.5 Å². The number of carbonyl (C=O) groups excluding carboxylic acids is 1. The van der Waals surface area contributed by atoms with Gasteiger partial charge in [0.2, 0.25) is 0 Å². The standard InChI is InChI=1S/C14H17N3O3/c1-8-11(9(2)20-17-8)7-16-14(18)10-4-5-13(19-3)12(15)6-10/h4-6H,7,15H2,1-3H3,(H,16,18). The van der Waals surface area contributed by atoms with Gasteiger partial charge >= 0.3 is 0 Å². The molecule has 6 heteroatoms. The highest BCUT2D eigenvalue weighted by atomic mass is 16.5. The van der Waals surface area contributed by atoms with E-state index in [4.69, 9.17) is 15.0 Å². The zero-order chi connectivity index (χ0) is 14.7. The van der Waals surface area contributed by atoms with Crippen molar-refractivity contribution >= 4 is 11.6 Å². The Kier molecular flexibility index (Phi) is 3.93. The molecule has 0 saturated heterocycles. The van der Waals surface area contributed by atoms with E-state index in [1.807, 2.05) is 13.8 Å². The predicted molar refractivity (Wildman–Crippen MR) is 74.6 cm³/mol. The maximum absolute atomic E-state index is 12.1. The van der Waals surface area contributed by atoms with Crippen LogP contribution in [0.1, 0.15) is 27.4 Å². The van der Waals surface area contributed by atoms with Gasteiger partial charge in [-0.3, -0.25) is 4.79 Å². The van der Waals surface area contributed by atoms with Crippen molar-refractivity contribution in [2.45, 2.75) is 20.4 Å². The topological polar surface area (TPSA) is 90.4 Å². The number of nitrogens with zero attached hydrogens (tertiary/aromatic N) is 1. The van der Waals surface area contributed by atoms with Crippen LogP contribution in [-0.2, 0) is 6.54 Å². The van der Waals surface area contributed by atoms with Gasteiger partial charge in [-0.2, -0.15) is 0 Å². The Balaban J connectivity index is 2.07. The van der Waals surface area contributed by atoms with Crippen LogP contribution >= 0.6 is 0 Å². The van der Waals surface area contributed by atoms with Crippen LogP contribution in [0, 0.1) is 13.8 Å². The van der Waals surface area contributed by atoms with Gasteiger partial charge in [-0.25, -0.2) is 0 Å². The summed E-state index contributed by atoms with van der Waals surface area (Å²) in [6.07, 6.45) is 0. The molecule has 20 heavy (non-hydrogen) atoms. The number of carbonyl (C=O) groups is 1. The summed E-state index contributed by atoms with van der Waals surface area (Å²) >= 11 is 0. The van der Waals surface area contributed by atoms with Crippen molar-refractivity contribution in [3.8, 4) is 5.75 Å². The van der Waals surface area contributed by atoms with Gasteiger partial charge in [0.15, 0.2) is 0 Å². The summed E-state index contributed by atoms with van der Waals surface area (Å²) in [7, 11) is 1.53. The summed E-state index contributed by atoms with van der Waals surface area (Å²) in [5.74, 6) is 1.05. The van der Waals surface area contributed by atoms with Crippen LogP contribution in [0.15, 0.2) is 22.7 Å². The van der Waals surface area contributed by atoms with Crippen molar-refractivity contribution in [1.29, 1.82) is 0 Å². The van der Waals surface area contributed by atoms with Crippen molar-refractivity contribution in [2.75, 3.05) is 12.8 Å². The van der Waals surface area contributed by atoms with E-state index < -0.39 is 0 Å². The molecule has 2 aromatic rings. The number of aromatic nitrogens is 1. The molecule has 0 aliphatic carbocycles. The first-order chi connectivity index (χ1) is 9.52. The number of anilines is 1. The molecule has 0 aliphatic heterocycles. The molecule has 1 heterocycles. The second kappa shape index (κ2) is 5.64. The average molecular weight is 275 g/mol. The number of methoxy groups -OCH3 is 1. The van der Waals surface area contributed by atoms with Gasteiger partial charge in [-0.05, 0) is 32.0 Å². The zero-order valence-electron chi connectivity index (χ0n) is 11.7. The fraction of sp³-hybridized carbons (Fsp3) is 0.286. The minimum absolute atomic E-state index is 0.209. The maximum atomic E-state index is 12.1. The van der Waals surface area contributed by atoms with Crippen LogP contribution in [-0.4, -0.2) is 18.2 Å². The highest BCUT2D eigenvalue weighted by Gasteiger charge is 2.12. The minimum Gasteiger partial charge on any atom is -0.495 e. The lowest BCUT2D eigenvalue weighted by Gasteiger charge is -2.08. The number of ether oxygens (including phenoxy) is 1. The van der Waals surface area contributed by atoms with Gasteiger partial charge in [-0.15, -0.1) is 0 Å². The monoisotopic (exact) mass is 275 g/mol. The molecule has 0 fully saturated rings. The van der Waals surface area contributed by atoms with Crippen molar-refractivity contribution in [1.82, 2.24) is 10.5 Å². The Hall–Kier alpha value is -2.50. The second-order valence-electron chi connectivity index (χ2n) is 4.44. The van der Waals surface area contributed by atoms with E-state index in [1.165, 1.54) is 7.11 Å². The predicted octanol–water partition coefficient (Wildman–Crippen LogP) is 1.81. The van der Waals surface area contributed by atoms with Gasteiger partial charge in [0, 0.05) is 17.7 Å². The average Bonchev–Trinajstić information content (AvgIpc) is 2.75. The normalized spacial score (nSPS) is 10.3. The summed E-state index contributed by atoms with van der Waals surface area (Å²) in [6, 6.07) is 4.92. The molecule has 0 radical (unpaired) electrons. The maximum Gasteiger partial charge on any atom is 0.251 e. The van der Waals surface area contributed by atoms with Crippen molar-refractivity contribution < 1.29 is 14.1 Å². The van der Waals surface area contributed by atoms with Crippen LogP contribution in [0.4, 0.5) is 5.69 Å². The van der Waals surface area contributed by atoms with E-state index >= 15 is 0 Å². The lowest BCUT2D eigenvalue weighted by atomic mass is 10.1. The van der Waals surface area contributed by atoms with Crippen molar-refractivity contribution in [3.05, 3.63) is 40.8 Å². The molecule has 0 bridgehead atoms. The third-order valence-corrected chi connectivity index (χ3v) is 3.10. The summed E-state index contributed by atoms with van der Waals surface area (Å²) < 4.78 is 10.1. The lowest BCUT2D eigenvalue weighted by Crippen LogP contribution is -2.23. The highest BCUT2D eigenvalue weighted by molar-refractivity contribution is 5.95. The third-order valence-electron chi connectivity index (χ3n) is 3.10. The molecule has 0 spiro atoms. The third kappa shape index (κ3) is 2.74. The number of nitrogens with one attached hydrogen (secondary N) is 1. The van der Waals surface area contributed by atoms with Gasteiger partial charge in [0.1, 0.15) is 11.5 Å². The molecule has 2 rings (SSSR count). The molecular formula is C14H17N3O3. The van der Waals surface area contributed by atoms with Crippen LogP contribution in [0.5, 0.6) is 5.75 Å². The molecule has 1 amide bonds. The van der Waals surface area contributed by atoms with E-state index in [0.29, 0.717) is 29.3 Å². The Labute approximate surface area is 116 Å². The smallest absolute Gasteiger partial charge is 0.251 e. The fourth-order valence-corrected chi connectivity index (χ4v) is 1.90. The summed E-state index contributed by atoms with van der Waals surface area (Å²) in [6.45, 7) is 4.02. The zero-order valence-corrected chi connectivity index (χ0v) is 11.7. The van der Waals surface area contributed by atoms with Crippen molar-refractivity contribution in [2.24, 2.45) is 0 Å². The lowest BCUT2D eigenvalue weighted by molar-refractivity contribution is 0.0951. The van der Waals surface area contributed by atoms with E-state index in [0.717, 1.165) is 11.3 Å². The molecule has 0 aliphatic rings. The summed E-state index contributed by atoms with van der Waals surface area (Å²) in [5.41, 5.74) is 8.35. The molecule has 0 atom stereocenters. The Bertz CT molecular complexity index is 615. The SMILES string of the molecule is COc1ccc(C(=O)NCc2c(C)noc2C)cc1N. The van der Waals surface area contributed by atoms with Gasteiger partial charge in [0.25, 0.3) is 5.91 Å². The Morgan fingerprint density at radius 1 is 1.45 bits per heavy atom. The molecule has 0 unspecified atom stereocenters. The van der Waals surface area contributed by atoms with Crippen molar-refractivity contribution in [3.63, 3.8) is 0 Å². The van der Waals surface area contributed by atoms with Gasteiger partial charge in [-0.1, -0.05) is 5.16 Å². The fourth-order valence-electron chi connectivity index (χ4n) is 1.90. The van der Waals surface area contributed by atoms with Crippen LogP contribution in [0.25, 0.3) is 0 Å². The molecule has 6 nitrogen and oxygen atoms in total.